The zero-order chi connectivity index (χ0) is 15.2. The Labute approximate surface area is 116 Å². The van der Waals surface area contributed by atoms with Gasteiger partial charge in [-0.1, -0.05) is 0 Å². The number of ether oxygens (including phenoxy) is 1. The Kier molecular flexibility index (Phi) is 6.01. The first-order chi connectivity index (χ1) is 9.30. The molecule has 0 fully saturated rings. The van der Waals surface area contributed by atoms with Gasteiger partial charge in [0, 0.05) is 18.7 Å². The van der Waals surface area contributed by atoms with Crippen LogP contribution in [0.5, 0.6) is 0 Å². The molecule has 0 aliphatic rings. The van der Waals surface area contributed by atoms with Crippen molar-refractivity contribution in [1.82, 2.24) is 5.32 Å². The van der Waals surface area contributed by atoms with Crippen LogP contribution in [0.25, 0.3) is 0 Å². The number of alkyl halides is 3. The van der Waals surface area contributed by atoms with E-state index in [1.165, 1.54) is 12.1 Å². The Hall–Kier alpha value is -1.56. The molecule has 0 radical (unpaired) electrons. The molecule has 3 nitrogen and oxygen atoms in total. The summed E-state index contributed by atoms with van der Waals surface area (Å²) in [5, 5.41) is 2.63. The van der Waals surface area contributed by atoms with Gasteiger partial charge < -0.3 is 10.1 Å². The van der Waals surface area contributed by atoms with Gasteiger partial charge in [-0.15, -0.1) is 0 Å². The maximum atomic E-state index is 12.4. The first-order valence-electron chi connectivity index (χ1n) is 6.38. The zero-order valence-corrected chi connectivity index (χ0v) is 11.5. The van der Waals surface area contributed by atoms with Gasteiger partial charge in [0.05, 0.1) is 11.7 Å². The van der Waals surface area contributed by atoms with E-state index in [0.29, 0.717) is 19.6 Å². The van der Waals surface area contributed by atoms with Crippen LogP contribution in [0.1, 0.15) is 36.2 Å². The summed E-state index contributed by atoms with van der Waals surface area (Å²) < 4.78 is 42.4. The van der Waals surface area contributed by atoms with Crippen LogP contribution in [0.15, 0.2) is 24.3 Å². The van der Waals surface area contributed by atoms with E-state index in [4.69, 9.17) is 4.74 Å². The second-order valence-corrected chi connectivity index (χ2v) is 4.60. The van der Waals surface area contributed by atoms with E-state index in [2.05, 4.69) is 5.32 Å². The number of halogens is 3. The summed E-state index contributed by atoms with van der Waals surface area (Å²) in [7, 11) is 0. The summed E-state index contributed by atoms with van der Waals surface area (Å²) in [4.78, 5) is 11.7. The minimum absolute atomic E-state index is 0.139. The van der Waals surface area contributed by atoms with Crippen LogP contribution in [0, 0.1) is 0 Å². The molecule has 0 aromatic heterocycles. The Bertz CT molecular complexity index is 427. The number of amides is 1. The molecule has 0 saturated carbocycles. The average Bonchev–Trinajstić information content (AvgIpc) is 2.37. The van der Waals surface area contributed by atoms with Gasteiger partial charge in [0.1, 0.15) is 0 Å². The standard InChI is InChI=1S/C14H18F3NO2/c1-10(2)20-9-3-8-18-13(19)11-4-6-12(7-5-11)14(15,16)17/h4-7,10H,3,8-9H2,1-2H3,(H,18,19). The first kappa shape index (κ1) is 16.5. The monoisotopic (exact) mass is 289 g/mol. The van der Waals surface area contributed by atoms with Gasteiger partial charge in [0.15, 0.2) is 0 Å². The molecule has 0 saturated heterocycles. The Balaban J connectivity index is 2.40. The summed E-state index contributed by atoms with van der Waals surface area (Å²) in [6, 6.07) is 4.14. The van der Waals surface area contributed by atoms with Crippen LogP contribution < -0.4 is 5.32 Å². The lowest BCUT2D eigenvalue weighted by molar-refractivity contribution is -0.137. The lowest BCUT2D eigenvalue weighted by atomic mass is 10.1. The van der Waals surface area contributed by atoms with E-state index in [1.54, 1.807) is 0 Å². The Morgan fingerprint density at radius 1 is 1.25 bits per heavy atom. The predicted octanol–water partition coefficient (Wildman–Crippen LogP) is 3.25. The third kappa shape index (κ3) is 5.61. The van der Waals surface area contributed by atoms with Gasteiger partial charge in [-0.25, -0.2) is 0 Å². The summed E-state index contributed by atoms with van der Waals surface area (Å²) in [6.45, 7) is 4.79. The van der Waals surface area contributed by atoms with Crippen LogP contribution in [0.3, 0.4) is 0 Å². The van der Waals surface area contributed by atoms with Gasteiger partial charge in [0.2, 0.25) is 0 Å². The number of carbonyl (C=O) groups excluding carboxylic acids is 1. The molecule has 0 aliphatic heterocycles. The normalized spacial score (nSPS) is 11.7. The molecule has 0 atom stereocenters. The highest BCUT2D eigenvalue weighted by Gasteiger charge is 2.30. The third-order valence-corrected chi connectivity index (χ3v) is 2.53. The predicted molar refractivity (Wildman–Crippen MR) is 69.5 cm³/mol. The highest BCUT2D eigenvalue weighted by atomic mass is 19.4. The molecule has 1 aromatic carbocycles. The molecule has 1 N–H and O–H groups in total. The number of hydrogen-bond acceptors (Lipinski definition) is 2. The van der Waals surface area contributed by atoms with Gasteiger partial charge in [-0.2, -0.15) is 13.2 Å². The molecule has 0 heterocycles. The average molecular weight is 289 g/mol. The fourth-order valence-corrected chi connectivity index (χ4v) is 1.51. The van der Waals surface area contributed by atoms with Crippen LogP contribution in [-0.4, -0.2) is 25.2 Å². The Morgan fingerprint density at radius 3 is 2.35 bits per heavy atom. The van der Waals surface area contributed by atoms with Crippen molar-refractivity contribution in [1.29, 1.82) is 0 Å². The van der Waals surface area contributed by atoms with E-state index in [0.717, 1.165) is 12.1 Å². The minimum atomic E-state index is -4.39. The van der Waals surface area contributed by atoms with Crippen molar-refractivity contribution < 1.29 is 22.7 Å². The Morgan fingerprint density at radius 2 is 1.85 bits per heavy atom. The van der Waals surface area contributed by atoms with Crippen LogP contribution in [-0.2, 0) is 10.9 Å². The highest BCUT2D eigenvalue weighted by molar-refractivity contribution is 5.94. The number of carbonyl (C=O) groups is 1. The van der Waals surface area contributed by atoms with E-state index in [1.807, 2.05) is 13.8 Å². The quantitative estimate of drug-likeness (QED) is 0.816. The van der Waals surface area contributed by atoms with Crippen LogP contribution >= 0.6 is 0 Å². The number of benzene rings is 1. The van der Waals surface area contributed by atoms with Crippen molar-refractivity contribution in [3.05, 3.63) is 35.4 Å². The molecular weight excluding hydrogens is 271 g/mol. The molecule has 0 unspecified atom stereocenters. The fraction of sp³-hybridized carbons (Fsp3) is 0.500. The molecule has 1 rings (SSSR count). The largest absolute Gasteiger partial charge is 0.416 e. The summed E-state index contributed by atoms with van der Waals surface area (Å²) in [5.74, 6) is -0.386. The summed E-state index contributed by atoms with van der Waals surface area (Å²) in [5.41, 5.74) is -0.554. The van der Waals surface area contributed by atoms with E-state index >= 15 is 0 Å². The summed E-state index contributed by atoms with van der Waals surface area (Å²) in [6.07, 6.45) is -3.59. The maximum absolute atomic E-state index is 12.4. The van der Waals surface area contributed by atoms with Gasteiger partial charge in [-0.3, -0.25) is 4.79 Å². The van der Waals surface area contributed by atoms with E-state index in [-0.39, 0.29) is 17.6 Å². The topological polar surface area (TPSA) is 38.3 Å². The molecule has 0 bridgehead atoms. The molecule has 0 spiro atoms. The number of nitrogens with one attached hydrogen (secondary N) is 1. The SMILES string of the molecule is CC(C)OCCCNC(=O)c1ccc(C(F)(F)F)cc1. The van der Waals surface area contributed by atoms with Crippen molar-refractivity contribution in [2.45, 2.75) is 32.5 Å². The zero-order valence-electron chi connectivity index (χ0n) is 11.5. The highest BCUT2D eigenvalue weighted by Crippen LogP contribution is 2.28. The molecule has 1 amide bonds. The molecule has 112 valence electrons. The first-order valence-corrected chi connectivity index (χ1v) is 6.38. The minimum Gasteiger partial charge on any atom is -0.379 e. The third-order valence-electron chi connectivity index (χ3n) is 2.53. The number of hydrogen-bond donors (Lipinski definition) is 1. The smallest absolute Gasteiger partial charge is 0.379 e. The number of rotatable bonds is 6. The van der Waals surface area contributed by atoms with Crippen LogP contribution in [0.4, 0.5) is 13.2 Å². The van der Waals surface area contributed by atoms with E-state index in [9.17, 15) is 18.0 Å². The fourth-order valence-electron chi connectivity index (χ4n) is 1.51. The molecule has 20 heavy (non-hydrogen) atoms. The van der Waals surface area contributed by atoms with Gasteiger partial charge in [-0.05, 0) is 44.5 Å². The molecule has 6 heteroatoms. The van der Waals surface area contributed by atoms with Gasteiger partial charge in [0.25, 0.3) is 5.91 Å². The second-order valence-electron chi connectivity index (χ2n) is 4.60. The van der Waals surface area contributed by atoms with Crippen molar-refractivity contribution in [2.24, 2.45) is 0 Å². The van der Waals surface area contributed by atoms with Gasteiger partial charge >= 0.3 is 6.18 Å². The molecule has 0 aliphatic carbocycles. The molecule has 1 aromatic rings. The maximum Gasteiger partial charge on any atom is 0.416 e. The second kappa shape index (κ2) is 7.28. The van der Waals surface area contributed by atoms with Crippen molar-refractivity contribution in [2.75, 3.05) is 13.2 Å². The van der Waals surface area contributed by atoms with Crippen molar-refractivity contribution in [3.8, 4) is 0 Å². The lowest BCUT2D eigenvalue weighted by Gasteiger charge is -2.09. The summed E-state index contributed by atoms with van der Waals surface area (Å²) >= 11 is 0. The lowest BCUT2D eigenvalue weighted by Crippen LogP contribution is -2.25. The van der Waals surface area contributed by atoms with Crippen molar-refractivity contribution >= 4 is 5.91 Å². The van der Waals surface area contributed by atoms with Crippen LogP contribution in [0.2, 0.25) is 0 Å². The van der Waals surface area contributed by atoms with E-state index < -0.39 is 11.7 Å². The molecular formula is C14H18F3NO2. The van der Waals surface area contributed by atoms with Crippen molar-refractivity contribution in [3.63, 3.8) is 0 Å².